The van der Waals surface area contributed by atoms with Crippen molar-refractivity contribution in [2.75, 3.05) is 6.54 Å². The quantitative estimate of drug-likeness (QED) is 0.458. The van der Waals surface area contributed by atoms with Crippen LogP contribution >= 0.6 is 0 Å². The van der Waals surface area contributed by atoms with Crippen molar-refractivity contribution in [2.45, 2.75) is 25.2 Å². The Morgan fingerprint density at radius 2 is 2.25 bits per heavy atom. The summed E-state index contributed by atoms with van der Waals surface area (Å²) in [5, 5.41) is 14.6. The van der Waals surface area contributed by atoms with E-state index in [9.17, 15) is 0 Å². The molecule has 16 heavy (non-hydrogen) atoms. The van der Waals surface area contributed by atoms with Crippen LogP contribution in [0.3, 0.4) is 0 Å². The topological polar surface area (TPSA) is 53.9 Å². The van der Waals surface area contributed by atoms with Gasteiger partial charge in [0.25, 0.3) is 0 Å². The van der Waals surface area contributed by atoms with Crippen molar-refractivity contribution in [1.29, 1.82) is 0 Å². The van der Waals surface area contributed by atoms with Gasteiger partial charge in [-0.2, -0.15) is 0 Å². The molecule has 0 radical (unpaired) electrons. The summed E-state index contributed by atoms with van der Waals surface area (Å²) in [6, 6.07) is 10.2. The van der Waals surface area contributed by atoms with Gasteiger partial charge < -0.3 is 15.3 Å². The smallest absolute Gasteiger partial charge is 0.0722 e. The maximum atomic E-state index is 8.41. The normalized spacial score (nSPS) is 25.2. The van der Waals surface area contributed by atoms with Crippen LogP contribution in [0.4, 0.5) is 0 Å². The molecule has 4 nitrogen and oxygen atoms in total. The van der Waals surface area contributed by atoms with Crippen LogP contribution < -0.4 is 5.32 Å². The number of oxime groups is 1. The van der Waals surface area contributed by atoms with Crippen molar-refractivity contribution in [3.05, 3.63) is 35.9 Å². The molecular formula is C12H16N2O2. The van der Waals surface area contributed by atoms with Crippen LogP contribution in [0, 0.1) is 0 Å². The molecule has 1 heterocycles. The molecule has 1 aromatic rings. The van der Waals surface area contributed by atoms with E-state index in [1.165, 1.54) is 11.8 Å². The van der Waals surface area contributed by atoms with Gasteiger partial charge in [0, 0.05) is 12.6 Å². The average molecular weight is 220 g/mol. The largest absolute Gasteiger partial charge is 0.411 e. The summed E-state index contributed by atoms with van der Waals surface area (Å²) in [7, 11) is 0. The van der Waals surface area contributed by atoms with E-state index in [0.29, 0.717) is 6.61 Å². The van der Waals surface area contributed by atoms with E-state index in [2.05, 4.69) is 22.6 Å². The van der Waals surface area contributed by atoms with Gasteiger partial charge in [-0.25, -0.2) is 0 Å². The Hall–Kier alpha value is -1.39. The second kappa shape index (κ2) is 5.63. The van der Waals surface area contributed by atoms with E-state index in [1.807, 2.05) is 18.2 Å². The van der Waals surface area contributed by atoms with Crippen molar-refractivity contribution in [3.8, 4) is 0 Å². The van der Waals surface area contributed by atoms with E-state index in [0.717, 1.165) is 13.0 Å². The number of benzene rings is 1. The first kappa shape index (κ1) is 11.1. The number of nitrogens with zero attached hydrogens (tertiary/aromatic N) is 1. The molecule has 1 aromatic carbocycles. The van der Waals surface area contributed by atoms with Gasteiger partial charge in [0.05, 0.1) is 18.9 Å². The molecule has 1 aliphatic rings. The first-order chi connectivity index (χ1) is 7.88. The lowest BCUT2D eigenvalue weighted by Crippen LogP contribution is -2.22. The highest BCUT2D eigenvalue weighted by Crippen LogP contribution is 2.11. The van der Waals surface area contributed by atoms with Gasteiger partial charge in [-0.1, -0.05) is 30.3 Å². The summed E-state index contributed by atoms with van der Waals surface area (Å²) >= 11 is 0. The third-order valence-corrected chi connectivity index (χ3v) is 2.70. The number of hydrogen-bond acceptors (Lipinski definition) is 4. The Bertz CT molecular complexity index is 340. The molecule has 2 atom stereocenters. The molecule has 4 heteroatoms. The summed E-state index contributed by atoms with van der Waals surface area (Å²) in [5.41, 5.74) is 1.18. The lowest BCUT2D eigenvalue weighted by Gasteiger charge is -2.10. The predicted molar refractivity (Wildman–Crippen MR) is 61.7 cm³/mol. The predicted octanol–water partition coefficient (Wildman–Crippen LogP) is 1.39. The fourth-order valence-corrected chi connectivity index (χ4v) is 1.84. The van der Waals surface area contributed by atoms with Crippen molar-refractivity contribution >= 4 is 6.21 Å². The molecule has 86 valence electrons. The Balaban J connectivity index is 1.76. The average Bonchev–Trinajstić information content (AvgIpc) is 2.76. The maximum absolute atomic E-state index is 8.41. The number of rotatable bonds is 4. The van der Waals surface area contributed by atoms with Crippen LogP contribution in [-0.2, 0) is 11.3 Å². The molecule has 0 amide bonds. The van der Waals surface area contributed by atoms with Gasteiger partial charge in [0.2, 0.25) is 0 Å². The molecule has 1 fully saturated rings. The number of nitrogens with one attached hydrogen (secondary N) is 1. The molecule has 1 aliphatic heterocycles. The van der Waals surface area contributed by atoms with Gasteiger partial charge in [0.15, 0.2) is 0 Å². The second-order valence-corrected chi connectivity index (χ2v) is 3.93. The van der Waals surface area contributed by atoms with E-state index in [4.69, 9.17) is 9.94 Å². The van der Waals surface area contributed by atoms with Gasteiger partial charge in [-0.15, -0.1) is 5.16 Å². The SMILES string of the molecule is O/N=C/[C@@H]1CC(OCc2ccccc2)CN1. The minimum Gasteiger partial charge on any atom is -0.411 e. The molecule has 0 bridgehead atoms. The molecule has 0 aromatic heterocycles. The van der Waals surface area contributed by atoms with Crippen LogP contribution in [0.2, 0.25) is 0 Å². The fourth-order valence-electron chi connectivity index (χ4n) is 1.84. The molecule has 0 saturated carbocycles. The monoisotopic (exact) mass is 220 g/mol. The van der Waals surface area contributed by atoms with Crippen molar-refractivity contribution in [3.63, 3.8) is 0 Å². The molecule has 1 unspecified atom stereocenters. The molecular weight excluding hydrogens is 204 g/mol. The molecule has 2 N–H and O–H groups in total. The van der Waals surface area contributed by atoms with Crippen LogP contribution in [-0.4, -0.2) is 30.1 Å². The Morgan fingerprint density at radius 1 is 1.44 bits per heavy atom. The van der Waals surface area contributed by atoms with Crippen molar-refractivity contribution in [1.82, 2.24) is 5.32 Å². The van der Waals surface area contributed by atoms with E-state index >= 15 is 0 Å². The summed E-state index contributed by atoms with van der Waals surface area (Å²) in [4.78, 5) is 0. The molecule has 0 spiro atoms. The lowest BCUT2D eigenvalue weighted by atomic mass is 10.2. The van der Waals surface area contributed by atoms with Crippen LogP contribution in [0.5, 0.6) is 0 Å². The van der Waals surface area contributed by atoms with E-state index in [1.54, 1.807) is 0 Å². The first-order valence-electron chi connectivity index (χ1n) is 5.45. The van der Waals surface area contributed by atoms with Gasteiger partial charge in [0.1, 0.15) is 0 Å². The highest BCUT2D eigenvalue weighted by atomic mass is 16.5. The van der Waals surface area contributed by atoms with Gasteiger partial charge >= 0.3 is 0 Å². The highest BCUT2D eigenvalue weighted by molar-refractivity contribution is 5.64. The molecule has 1 saturated heterocycles. The van der Waals surface area contributed by atoms with Crippen LogP contribution in [0.1, 0.15) is 12.0 Å². The Labute approximate surface area is 94.9 Å². The zero-order chi connectivity index (χ0) is 11.2. The zero-order valence-corrected chi connectivity index (χ0v) is 9.04. The maximum Gasteiger partial charge on any atom is 0.0722 e. The highest BCUT2D eigenvalue weighted by Gasteiger charge is 2.23. The van der Waals surface area contributed by atoms with Crippen LogP contribution in [0.15, 0.2) is 35.5 Å². The molecule has 0 aliphatic carbocycles. The standard InChI is InChI=1S/C12H16N2O2/c15-14-7-11-6-12(8-13-11)16-9-10-4-2-1-3-5-10/h1-5,7,11-13,15H,6,8-9H2/b14-7+/t11-,12?/m0/s1. The van der Waals surface area contributed by atoms with Gasteiger partial charge in [-0.05, 0) is 12.0 Å². The third kappa shape index (κ3) is 3.05. The van der Waals surface area contributed by atoms with Crippen molar-refractivity contribution < 1.29 is 9.94 Å². The van der Waals surface area contributed by atoms with E-state index in [-0.39, 0.29) is 12.1 Å². The summed E-state index contributed by atoms with van der Waals surface area (Å²) in [6.07, 6.45) is 2.56. The van der Waals surface area contributed by atoms with E-state index < -0.39 is 0 Å². The summed E-state index contributed by atoms with van der Waals surface area (Å²) in [6.45, 7) is 1.44. The minimum atomic E-state index is 0.130. The lowest BCUT2D eigenvalue weighted by molar-refractivity contribution is 0.0535. The first-order valence-corrected chi connectivity index (χ1v) is 5.45. The Morgan fingerprint density at radius 3 is 3.00 bits per heavy atom. The van der Waals surface area contributed by atoms with Gasteiger partial charge in [-0.3, -0.25) is 0 Å². The fraction of sp³-hybridized carbons (Fsp3) is 0.417. The number of ether oxygens (including phenoxy) is 1. The minimum absolute atomic E-state index is 0.130. The Kier molecular flexibility index (Phi) is 3.91. The van der Waals surface area contributed by atoms with Crippen molar-refractivity contribution in [2.24, 2.45) is 5.16 Å². The summed E-state index contributed by atoms with van der Waals surface area (Å²) < 4.78 is 5.76. The number of hydrogen-bond donors (Lipinski definition) is 2. The van der Waals surface area contributed by atoms with Crippen LogP contribution in [0.25, 0.3) is 0 Å². The molecule has 2 rings (SSSR count). The third-order valence-electron chi connectivity index (χ3n) is 2.70. The summed E-state index contributed by atoms with van der Waals surface area (Å²) in [5.74, 6) is 0. The second-order valence-electron chi connectivity index (χ2n) is 3.93. The zero-order valence-electron chi connectivity index (χ0n) is 9.04.